The fourth-order valence-electron chi connectivity index (χ4n) is 3.20. The number of rotatable bonds is 2. The minimum Gasteiger partial charge on any atom is -0.466 e. The molecule has 0 N–H and O–H groups in total. The Hall–Kier alpha value is -1.64. The van der Waals surface area contributed by atoms with Crippen molar-refractivity contribution in [1.82, 2.24) is 0 Å². The van der Waals surface area contributed by atoms with E-state index in [1.807, 2.05) is 31.2 Å². The summed E-state index contributed by atoms with van der Waals surface area (Å²) >= 11 is 0. The molecule has 2 aliphatic rings. The first-order valence-electron chi connectivity index (χ1n) is 6.48. The molecule has 3 nitrogen and oxygen atoms in total. The molecule has 2 atom stereocenters. The van der Waals surface area contributed by atoms with Gasteiger partial charge in [0, 0.05) is 17.4 Å². The predicted molar refractivity (Wildman–Crippen MR) is 66.4 cm³/mol. The number of ketones is 1. The van der Waals surface area contributed by atoms with E-state index in [2.05, 4.69) is 0 Å². The number of carbonyl (C=O) groups is 2. The second-order valence-electron chi connectivity index (χ2n) is 5.13. The van der Waals surface area contributed by atoms with Crippen LogP contribution in [0.2, 0.25) is 0 Å². The second kappa shape index (κ2) is 3.94. The van der Waals surface area contributed by atoms with Gasteiger partial charge < -0.3 is 4.74 Å². The SMILES string of the molecule is CCOC(=O)C1CC12CCC(=O)c1ccccc12. The lowest BCUT2D eigenvalue weighted by atomic mass is 9.78. The van der Waals surface area contributed by atoms with Crippen LogP contribution < -0.4 is 0 Å². The quantitative estimate of drug-likeness (QED) is 0.751. The van der Waals surface area contributed by atoms with E-state index in [1.165, 1.54) is 0 Å². The maximum absolute atomic E-state index is 11.9. The van der Waals surface area contributed by atoms with E-state index < -0.39 is 0 Å². The first-order valence-corrected chi connectivity index (χ1v) is 6.48. The molecule has 0 amide bonds. The number of hydrogen-bond donors (Lipinski definition) is 0. The Bertz CT molecular complexity index is 520. The number of esters is 1. The number of fused-ring (bicyclic) bond motifs is 2. The van der Waals surface area contributed by atoms with E-state index in [1.54, 1.807) is 0 Å². The van der Waals surface area contributed by atoms with Gasteiger partial charge in [-0.05, 0) is 25.3 Å². The van der Waals surface area contributed by atoms with Gasteiger partial charge in [0.1, 0.15) is 0 Å². The Balaban J connectivity index is 1.95. The molecule has 1 saturated carbocycles. The molecule has 18 heavy (non-hydrogen) atoms. The number of benzene rings is 1. The van der Waals surface area contributed by atoms with Crippen molar-refractivity contribution in [3.8, 4) is 0 Å². The molecule has 1 spiro atoms. The minimum absolute atomic E-state index is 0.0494. The van der Waals surface area contributed by atoms with Crippen LogP contribution in [0.4, 0.5) is 0 Å². The van der Waals surface area contributed by atoms with Gasteiger partial charge in [-0.2, -0.15) is 0 Å². The van der Waals surface area contributed by atoms with Crippen LogP contribution in [0, 0.1) is 5.92 Å². The smallest absolute Gasteiger partial charge is 0.309 e. The van der Waals surface area contributed by atoms with E-state index in [-0.39, 0.29) is 23.1 Å². The van der Waals surface area contributed by atoms with Crippen LogP contribution in [-0.4, -0.2) is 18.4 Å². The van der Waals surface area contributed by atoms with Crippen molar-refractivity contribution < 1.29 is 14.3 Å². The Kier molecular flexibility index (Phi) is 2.51. The van der Waals surface area contributed by atoms with Gasteiger partial charge in [0.25, 0.3) is 0 Å². The van der Waals surface area contributed by atoms with Gasteiger partial charge in [-0.3, -0.25) is 9.59 Å². The Labute approximate surface area is 106 Å². The lowest BCUT2D eigenvalue weighted by Crippen LogP contribution is -2.25. The number of hydrogen-bond acceptors (Lipinski definition) is 3. The normalized spacial score (nSPS) is 28.9. The van der Waals surface area contributed by atoms with Crippen molar-refractivity contribution in [3.05, 3.63) is 35.4 Å². The molecule has 1 aromatic carbocycles. The average molecular weight is 244 g/mol. The minimum atomic E-state index is -0.114. The zero-order valence-electron chi connectivity index (χ0n) is 10.4. The van der Waals surface area contributed by atoms with E-state index in [9.17, 15) is 9.59 Å². The summed E-state index contributed by atoms with van der Waals surface area (Å²) in [5.41, 5.74) is 1.74. The highest BCUT2D eigenvalue weighted by Gasteiger charge is 2.61. The van der Waals surface area contributed by atoms with Crippen molar-refractivity contribution in [2.75, 3.05) is 6.61 Å². The predicted octanol–water partition coefficient (Wildman–Crippen LogP) is 2.48. The summed E-state index contributed by atoms with van der Waals surface area (Å²) < 4.78 is 5.11. The van der Waals surface area contributed by atoms with Crippen LogP contribution in [-0.2, 0) is 14.9 Å². The second-order valence-corrected chi connectivity index (χ2v) is 5.13. The summed E-state index contributed by atoms with van der Waals surface area (Å²) in [6.07, 6.45) is 2.16. The summed E-state index contributed by atoms with van der Waals surface area (Å²) in [5, 5.41) is 0. The first-order chi connectivity index (χ1) is 8.69. The highest BCUT2D eigenvalue weighted by Crippen LogP contribution is 2.60. The molecule has 1 aromatic rings. The Morgan fingerprint density at radius 1 is 1.44 bits per heavy atom. The third-order valence-electron chi connectivity index (χ3n) is 4.21. The fourth-order valence-corrected chi connectivity index (χ4v) is 3.20. The summed E-state index contributed by atoms with van der Waals surface area (Å²) in [6, 6.07) is 7.70. The maximum atomic E-state index is 11.9. The van der Waals surface area contributed by atoms with Crippen LogP contribution in [0.25, 0.3) is 0 Å². The average Bonchev–Trinajstić information content (AvgIpc) is 3.11. The third kappa shape index (κ3) is 1.50. The van der Waals surface area contributed by atoms with Gasteiger partial charge in [0.2, 0.25) is 0 Å². The molecule has 0 radical (unpaired) electrons. The summed E-state index contributed by atoms with van der Waals surface area (Å²) in [7, 11) is 0. The van der Waals surface area contributed by atoms with Crippen LogP contribution in [0.5, 0.6) is 0 Å². The molecule has 1 fully saturated rings. The Morgan fingerprint density at radius 3 is 3.00 bits per heavy atom. The van der Waals surface area contributed by atoms with E-state index >= 15 is 0 Å². The molecule has 3 rings (SSSR count). The summed E-state index contributed by atoms with van der Waals surface area (Å²) in [5.74, 6) is 0.0408. The standard InChI is InChI=1S/C15H16O3/c1-2-18-14(17)12-9-15(12)8-7-13(16)10-5-3-4-6-11(10)15/h3-6,12H,2,7-9H2,1H3. The van der Waals surface area contributed by atoms with Crippen LogP contribution >= 0.6 is 0 Å². The third-order valence-corrected chi connectivity index (χ3v) is 4.21. The van der Waals surface area contributed by atoms with Crippen LogP contribution in [0.1, 0.15) is 42.1 Å². The summed E-state index contributed by atoms with van der Waals surface area (Å²) in [6.45, 7) is 2.25. The first kappa shape index (κ1) is 11.5. The molecular formula is C15H16O3. The van der Waals surface area contributed by atoms with Gasteiger partial charge in [-0.25, -0.2) is 0 Å². The molecule has 2 aliphatic carbocycles. The maximum Gasteiger partial charge on any atom is 0.309 e. The number of carbonyl (C=O) groups excluding carboxylic acids is 2. The molecule has 0 saturated heterocycles. The van der Waals surface area contributed by atoms with Crippen molar-refractivity contribution in [2.45, 2.75) is 31.6 Å². The van der Waals surface area contributed by atoms with Crippen molar-refractivity contribution in [3.63, 3.8) is 0 Å². The largest absolute Gasteiger partial charge is 0.466 e. The van der Waals surface area contributed by atoms with E-state index in [4.69, 9.17) is 4.74 Å². The molecule has 3 heteroatoms. The molecular weight excluding hydrogens is 228 g/mol. The van der Waals surface area contributed by atoms with Gasteiger partial charge >= 0.3 is 5.97 Å². The number of ether oxygens (including phenoxy) is 1. The zero-order valence-corrected chi connectivity index (χ0v) is 10.4. The van der Waals surface area contributed by atoms with E-state index in [0.717, 1.165) is 24.0 Å². The highest BCUT2D eigenvalue weighted by atomic mass is 16.5. The van der Waals surface area contributed by atoms with Crippen molar-refractivity contribution in [1.29, 1.82) is 0 Å². The lowest BCUT2D eigenvalue weighted by Gasteiger charge is -2.25. The Morgan fingerprint density at radius 2 is 2.22 bits per heavy atom. The highest BCUT2D eigenvalue weighted by molar-refractivity contribution is 6.00. The lowest BCUT2D eigenvalue weighted by molar-refractivity contribution is -0.145. The van der Waals surface area contributed by atoms with Crippen molar-refractivity contribution in [2.24, 2.45) is 5.92 Å². The molecule has 2 unspecified atom stereocenters. The van der Waals surface area contributed by atoms with E-state index in [0.29, 0.717) is 13.0 Å². The van der Waals surface area contributed by atoms with Gasteiger partial charge in [-0.15, -0.1) is 0 Å². The van der Waals surface area contributed by atoms with Crippen LogP contribution in [0.3, 0.4) is 0 Å². The monoisotopic (exact) mass is 244 g/mol. The van der Waals surface area contributed by atoms with Gasteiger partial charge in [0.15, 0.2) is 5.78 Å². The van der Waals surface area contributed by atoms with Crippen LogP contribution in [0.15, 0.2) is 24.3 Å². The summed E-state index contributed by atoms with van der Waals surface area (Å²) in [4.78, 5) is 23.8. The molecule has 94 valence electrons. The van der Waals surface area contributed by atoms with Crippen molar-refractivity contribution >= 4 is 11.8 Å². The van der Waals surface area contributed by atoms with Gasteiger partial charge in [-0.1, -0.05) is 24.3 Å². The van der Waals surface area contributed by atoms with Gasteiger partial charge in [0.05, 0.1) is 12.5 Å². The molecule has 0 aliphatic heterocycles. The molecule has 0 aromatic heterocycles. The molecule has 0 heterocycles. The number of Topliss-reactive ketones (excluding diaryl/α,β-unsaturated/α-hetero) is 1. The molecule has 0 bridgehead atoms. The fraction of sp³-hybridized carbons (Fsp3) is 0.467. The topological polar surface area (TPSA) is 43.4 Å². The zero-order chi connectivity index (χ0) is 12.8.